The summed E-state index contributed by atoms with van der Waals surface area (Å²) in [6, 6.07) is 4.35. The number of ether oxygens (including phenoxy) is 1. The van der Waals surface area contributed by atoms with Crippen LogP contribution in [-0.4, -0.2) is 43.9 Å². The predicted molar refractivity (Wildman–Crippen MR) is 99.0 cm³/mol. The number of carbonyl (C=O) groups excluding carboxylic acids is 1. The van der Waals surface area contributed by atoms with Crippen LogP contribution >= 0.6 is 23.2 Å². The molecule has 1 saturated heterocycles. The number of halogens is 2. The minimum atomic E-state index is -3.56. The van der Waals surface area contributed by atoms with Crippen LogP contribution in [0.3, 0.4) is 0 Å². The van der Waals surface area contributed by atoms with E-state index in [1.54, 1.807) is 25.7 Å². The Hall–Kier alpha value is -0.980. The standard InChI is InChI=1S/C17H23Cl2NO4S/c1-17(2,3)24-16(21)20-8-4-5-12(10-20)11-25(22,23)15-7-6-13(18)9-14(15)19/h6-7,9,12H,4-5,8,10-11H2,1-3H3/t12-/m1/s1. The number of piperidine rings is 1. The van der Waals surface area contributed by atoms with Crippen molar-refractivity contribution in [2.24, 2.45) is 5.92 Å². The van der Waals surface area contributed by atoms with E-state index in [1.165, 1.54) is 18.2 Å². The van der Waals surface area contributed by atoms with Crippen LogP contribution < -0.4 is 0 Å². The summed E-state index contributed by atoms with van der Waals surface area (Å²) >= 11 is 11.9. The zero-order chi connectivity index (χ0) is 18.8. The molecule has 0 aromatic heterocycles. The zero-order valence-electron chi connectivity index (χ0n) is 14.6. The molecular formula is C17H23Cl2NO4S. The van der Waals surface area contributed by atoms with Crippen molar-refractivity contribution in [3.8, 4) is 0 Å². The number of likely N-dealkylation sites (tertiary alicyclic amines) is 1. The van der Waals surface area contributed by atoms with Crippen LogP contribution in [0, 0.1) is 5.92 Å². The molecule has 140 valence electrons. The molecule has 0 radical (unpaired) electrons. The van der Waals surface area contributed by atoms with Crippen LogP contribution in [-0.2, 0) is 14.6 Å². The molecule has 1 aliphatic rings. The van der Waals surface area contributed by atoms with Gasteiger partial charge >= 0.3 is 6.09 Å². The Morgan fingerprint density at radius 1 is 1.32 bits per heavy atom. The fraction of sp³-hybridized carbons (Fsp3) is 0.588. The highest BCUT2D eigenvalue weighted by Gasteiger charge is 2.31. The second-order valence-corrected chi connectivity index (χ2v) is 10.1. The molecule has 25 heavy (non-hydrogen) atoms. The van der Waals surface area contributed by atoms with Gasteiger partial charge in [0.05, 0.1) is 15.7 Å². The molecule has 1 aromatic carbocycles. The van der Waals surface area contributed by atoms with Gasteiger partial charge in [-0.05, 0) is 57.7 Å². The maximum Gasteiger partial charge on any atom is 0.410 e. The van der Waals surface area contributed by atoms with Crippen LogP contribution in [0.25, 0.3) is 0 Å². The Balaban J connectivity index is 2.07. The fourth-order valence-corrected chi connectivity index (χ4v) is 5.29. The van der Waals surface area contributed by atoms with Gasteiger partial charge in [0, 0.05) is 18.1 Å². The normalized spacial score (nSPS) is 18.9. The molecule has 8 heteroatoms. The van der Waals surface area contributed by atoms with E-state index in [-0.39, 0.29) is 21.6 Å². The predicted octanol–water partition coefficient (Wildman–Crippen LogP) is 4.41. The van der Waals surface area contributed by atoms with Crippen LogP contribution in [0.2, 0.25) is 10.0 Å². The molecule has 1 aromatic rings. The number of amides is 1. The van der Waals surface area contributed by atoms with E-state index in [2.05, 4.69) is 0 Å². The lowest BCUT2D eigenvalue weighted by Crippen LogP contribution is -2.44. The van der Waals surface area contributed by atoms with Crippen LogP contribution in [0.5, 0.6) is 0 Å². The molecule has 0 bridgehead atoms. The Kier molecular flexibility index (Phi) is 6.28. The summed E-state index contributed by atoms with van der Waals surface area (Å²) in [5.74, 6) is -0.216. The second-order valence-electron chi connectivity index (χ2n) is 7.29. The summed E-state index contributed by atoms with van der Waals surface area (Å²) in [5.41, 5.74) is -0.576. The lowest BCUT2D eigenvalue weighted by molar-refractivity contribution is 0.0176. The monoisotopic (exact) mass is 407 g/mol. The topological polar surface area (TPSA) is 63.7 Å². The van der Waals surface area contributed by atoms with E-state index >= 15 is 0 Å². The molecule has 0 unspecified atom stereocenters. The fourth-order valence-electron chi connectivity index (χ4n) is 2.82. The van der Waals surface area contributed by atoms with Crippen molar-refractivity contribution in [1.82, 2.24) is 4.90 Å². The van der Waals surface area contributed by atoms with Gasteiger partial charge in [0.15, 0.2) is 9.84 Å². The lowest BCUT2D eigenvalue weighted by atomic mass is 10.0. The zero-order valence-corrected chi connectivity index (χ0v) is 16.9. The number of benzene rings is 1. The van der Waals surface area contributed by atoms with Crippen molar-refractivity contribution < 1.29 is 17.9 Å². The average Bonchev–Trinajstić information content (AvgIpc) is 2.44. The smallest absolute Gasteiger partial charge is 0.410 e. The second kappa shape index (κ2) is 7.72. The number of nitrogens with zero attached hydrogens (tertiary/aromatic N) is 1. The minimum Gasteiger partial charge on any atom is -0.444 e. The molecule has 1 atom stereocenters. The SMILES string of the molecule is CC(C)(C)OC(=O)N1CCC[C@@H](CS(=O)(=O)c2ccc(Cl)cc2Cl)C1. The van der Waals surface area contributed by atoms with E-state index in [9.17, 15) is 13.2 Å². The maximum atomic E-state index is 12.7. The lowest BCUT2D eigenvalue weighted by Gasteiger charge is -2.34. The van der Waals surface area contributed by atoms with Crippen molar-refractivity contribution >= 4 is 39.1 Å². The molecule has 1 heterocycles. The van der Waals surface area contributed by atoms with Gasteiger partial charge in [0.1, 0.15) is 5.60 Å². The number of sulfone groups is 1. The third-order valence-corrected chi connectivity index (χ3v) is 6.45. The van der Waals surface area contributed by atoms with Crippen molar-refractivity contribution in [2.45, 2.75) is 44.1 Å². The first-order valence-electron chi connectivity index (χ1n) is 8.14. The molecule has 5 nitrogen and oxygen atoms in total. The number of hydrogen-bond acceptors (Lipinski definition) is 4. The third kappa shape index (κ3) is 5.76. The van der Waals surface area contributed by atoms with Crippen LogP contribution in [0.15, 0.2) is 23.1 Å². The first-order chi connectivity index (χ1) is 11.5. The van der Waals surface area contributed by atoms with E-state index in [0.29, 0.717) is 18.1 Å². The molecule has 1 fully saturated rings. The summed E-state index contributed by atoms with van der Waals surface area (Å²) in [4.78, 5) is 13.9. The first kappa shape index (κ1) is 20.3. The molecule has 0 saturated carbocycles. The minimum absolute atomic E-state index is 0.0619. The van der Waals surface area contributed by atoms with E-state index in [0.717, 1.165) is 12.8 Å². The van der Waals surface area contributed by atoms with E-state index in [4.69, 9.17) is 27.9 Å². The average molecular weight is 408 g/mol. The number of rotatable bonds is 3. The van der Waals surface area contributed by atoms with Crippen molar-refractivity contribution in [1.29, 1.82) is 0 Å². The Morgan fingerprint density at radius 2 is 2.00 bits per heavy atom. The Morgan fingerprint density at radius 3 is 2.60 bits per heavy atom. The molecule has 2 rings (SSSR count). The molecule has 1 aliphatic heterocycles. The first-order valence-corrected chi connectivity index (χ1v) is 10.5. The van der Waals surface area contributed by atoms with E-state index in [1.807, 2.05) is 0 Å². The number of hydrogen-bond donors (Lipinski definition) is 0. The van der Waals surface area contributed by atoms with Gasteiger partial charge in [-0.2, -0.15) is 0 Å². The van der Waals surface area contributed by atoms with Gasteiger partial charge in [-0.25, -0.2) is 13.2 Å². The highest BCUT2D eigenvalue weighted by Crippen LogP contribution is 2.29. The highest BCUT2D eigenvalue weighted by molar-refractivity contribution is 7.91. The summed E-state index contributed by atoms with van der Waals surface area (Å²) in [5, 5.41) is 0.505. The van der Waals surface area contributed by atoms with Crippen molar-refractivity contribution in [2.75, 3.05) is 18.8 Å². The largest absolute Gasteiger partial charge is 0.444 e. The van der Waals surface area contributed by atoms with Crippen molar-refractivity contribution in [3.05, 3.63) is 28.2 Å². The van der Waals surface area contributed by atoms with Gasteiger partial charge in [0.25, 0.3) is 0 Å². The molecule has 0 aliphatic carbocycles. The summed E-state index contributed by atoms with van der Waals surface area (Å²) in [6.07, 6.45) is 1.08. The van der Waals surface area contributed by atoms with Crippen LogP contribution in [0.1, 0.15) is 33.6 Å². The van der Waals surface area contributed by atoms with Gasteiger partial charge < -0.3 is 9.64 Å². The molecule has 0 N–H and O–H groups in total. The maximum absolute atomic E-state index is 12.7. The highest BCUT2D eigenvalue weighted by atomic mass is 35.5. The van der Waals surface area contributed by atoms with E-state index < -0.39 is 21.5 Å². The molecule has 1 amide bonds. The summed E-state index contributed by atoms with van der Waals surface area (Å²) in [6.45, 7) is 6.35. The number of carbonyl (C=O) groups is 1. The Bertz CT molecular complexity index is 744. The van der Waals surface area contributed by atoms with Crippen LogP contribution in [0.4, 0.5) is 4.79 Å². The van der Waals surface area contributed by atoms with Crippen molar-refractivity contribution in [3.63, 3.8) is 0 Å². The van der Waals surface area contributed by atoms with Gasteiger partial charge in [-0.1, -0.05) is 23.2 Å². The van der Waals surface area contributed by atoms with Gasteiger partial charge in [-0.3, -0.25) is 0 Å². The quantitative estimate of drug-likeness (QED) is 0.743. The summed E-state index contributed by atoms with van der Waals surface area (Å²) in [7, 11) is -3.56. The third-order valence-electron chi connectivity index (χ3n) is 3.85. The molecular weight excluding hydrogens is 385 g/mol. The van der Waals surface area contributed by atoms with Gasteiger partial charge in [0.2, 0.25) is 0 Å². The molecule has 0 spiro atoms. The Labute approximate surface area is 159 Å². The van der Waals surface area contributed by atoms with Gasteiger partial charge in [-0.15, -0.1) is 0 Å². The summed E-state index contributed by atoms with van der Waals surface area (Å²) < 4.78 is 30.7.